The Morgan fingerprint density at radius 1 is 1.30 bits per heavy atom. The van der Waals surface area contributed by atoms with Crippen LogP contribution in [-0.2, 0) is 0 Å². The van der Waals surface area contributed by atoms with Crippen molar-refractivity contribution in [2.75, 3.05) is 0 Å². The lowest BCUT2D eigenvalue weighted by atomic mass is 10.2. The van der Waals surface area contributed by atoms with Crippen LogP contribution >= 0.6 is 31.9 Å². The van der Waals surface area contributed by atoms with E-state index < -0.39 is 0 Å². The molecule has 2 heteroatoms. The first kappa shape index (κ1) is 8.02. The Hall–Kier alpha value is -0.0800. The SMILES string of the molecule is Br/C=C/c1cccc(Br)c1. The van der Waals surface area contributed by atoms with Crippen LogP contribution in [0.1, 0.15) is 5.56 Å². The fraction of sp³-hybridized carbons (Fsp3) is 0. The maximum absolute atomic E-state index is 3.38. The van der Waals surface area contributed by atoms with Gasteiger partial charge in [0.1, 0.15) is 0 Å². The Balaban J connectivity index is 2.95. The molecular formula is C8H6Br2. The number of halogens is 2. The van der Waals surface area contributed by atoms with Gasteiger partial charge >= 0.3 is 0 Å². The lowest BCUT2D eigenvalue weighted by molar-refractivity contribution is 1.61. The highest BCUT2D eigenvalue weighted by atomic mass is 79.9. The van der Waals surface area contributed by atoms with E-state index in [1.54, 1.807) is 0 Å². The molecule has 10 heavy (non-hydrogen) atoms. The van der Waals surface area contributed by atoms with Gasteiger partial charge in [0.2, 0.25) is 0 Å². The zero-order chi connectivity index (χ0) is 7.40. The lowest BCUT2D eigenvalue weighted by Crippen LogP contribution is -1.68. The summed E-state index contributed by atoms with van der Waals surface area (Å²) in [6.45, 7) is 0. The van der Waals surface area contributed by atoms with Crippen molar-refractivity contribution in [2.24, 2.45) is 0 Å². The van der Waals surface area contributed by atoms with Crippen molar-refractivity contribution in [2.45, 2.75) is 0 Å². The van der Waals surface area contributed by atoms with Crippen LogP contribution in [0, 0.1) is 0 Å². The fourth-order valence-corrected chi connectivity index (χ4v) is 1.41. The van der Waals surface area contributed by atoms with E-state index in [0.717, 1.165) is 4.47 Å². The van der Waals surface area contributed by atoms with Crippen LogP contribution in [-0.4, -0.2) is 0 Å². The van der Waals surface area contributed by atoms with E-state index in [-0.39, 0.29) is 0 Å². The topological polar surface area (TPSA) is 0 Å². The molecule has 0 amide bonds. The van der Waals surface area contributed by atoms with Crippen molar-refractivity contribution >= 4 is 37.9 Å². The van der Waals surface area contributed by atoms with Crippen molar-refractivity contribution in [3.05, 3.63) is 39.3 Å². The second-order valence-electron chi connectivity index (χ2n) is 1.85. The molecule has 0 aromatic heterocycles. The second-order valence-corrected chi connectivity index (χ2v) is 3.29. The first-order chi connectivity index (χ1) is 4.83. The highest BCUT2D eigenvalue weighted by Crippen LogP contribution is 2.12. The molecule has 0 aliphatic heterocycles. The standard InChI is InChI=1S/C8H6Br2/c9-5-4-7-2-1-3-8(10)6-7/h1-6H/b5-4+. The molecule has 1 aromatic rings. The monoisotopic (exact) mass is 260 g/mol. The van der Waals surface area contributed by atoms with Gasteiger partial charge in [-0.15, -0.1) is 0 Å². The van der Waals surface area contributed by atoms with E-state index in [2.05, 4.69) is 37.9 Å². The van der Waals surface area contributed by atoms with Crippen LogP contribution in [0.2, 0.25) is 0 Å². The van der Waals surface area contributed by atoms with Gasteiger partial charge in [-0.3, -0.25) is 0 Å². The summed E-state index contributed by atoms with van der Waals surface area (Å²) >= 11 is 6.60. The molecule has 0 unspecified atom stereocenters. The van der Waals surface area contributed by atoms with Gasteiger partial charge in [0.25, 0.3) is 0 Å². The molecule has 1 rings (SSSR count). The second kappa shape index (κ2) is 3.94. The molecule has 0 bridgehead atoms. The summed E-state index contributed by atoms with van der Waals surface area (Å²) in [7, 11) is 0. The van der Waals surface area contributed by atoms with Gasteiger partial charge in [0.05, 0.1) is 0 Å². The molecule has 0 saturated carbocycles. The third kappa shape index (κ3) is 2.27. The minimum absolute atomic E-state index is 1.11. The smallest absolute Gasteiger partial charge is 0.0181 e. The van der Waals surface area contributed by atoms with E-state index >= 15 is 0 Å². The summed E-state index contributed by atoms with van der Waals surface area (Å²) in [5.74, 6) is 0. The Labute approximate surface area is 77.2 Å². The highest BCUT2D eigenvalue weighted by Gasteiger charge is 1.86. The normalized spacial score (nSPS) is 10.6. The number of rotatable bonds is 1. The van der Waals surface area contributed by atoms with Crippen molar-refractivity contribution < 1.29 is 0 Å². The number of hydrogen-bond donors (Lipinski definition) is 0. The minimum atomic E-state index is 1.11. The van der Waals surface area contributed by atoms with Crippen molar-refractivity contribution in [1.82, 2.24) is 0 Å². The van der Waals surface area contributed by atoms with Crippen molar-refractivity contribution in [1.29, 1.82) is 0 Å². The molecule has 0 nitrogen and oxygen atoms in total. The molecule has 0 spiro atoms. The van der Waals surface area contributed by atoms with Gasteiger partial charge in [-0.25, -0.2) is 0 Å². The highest BCUT2D eigenvalue weighted by molar-refractivity contribution is 9.11. The number of benzene rings is 1. The Bertz CT molecular complexity index is 241. The summed E-state index contributed by atoms with van der Waals surface area (Å²) in [5.41, 5.74) is 1.19. The molecule has 0 aliphatic carbocycles. The Morgan fingerprint density at radius 3 is 2.70 bits per heavy atom. The van der Waals surface area contributed by atoms with E-state index in [1.807, 2.05) is 29.3 Å². The van der Waals surface area contributed by atoms with Gasteiger partial charge in [0, 0.05) is 4.47 Å². The Morgan fingerprint density at radius 2 is 2.10 bits per heavy atom. The van der Waals surface area contributed by atoms with E-state index in [0.29, 0.717) is 0 Å². The van der Waals surface area contributed by atoms with Crippen LogP contribution in [0.4, 0.5) is 0 Å². The van der Waals surface area contributed by atoms with Crippen LogP contribution in [0.3, 0.4) is 0 Å². The predicted octanol–water partition coefficient (Wildman–Crippen LogP) is 3.81. The lowest BCUT2D eigenvalue weighted by Gasteiger charge is -1.91. The van der Waals surface area contributed by atoms with Crippen LogP contribution < -0.4 is 0 Å². The number of hydrogen-bond acceptors (Lipinski definition) is 0. The Kier molecular flexibility index (Phi) is 3.16. The summed E-state index contributed by atoms with van der Waals surface area (Å²) in [5, 5.41) is 0. The maximum Gasteiger partial charge on any atom is 0.0181 e. The van der Waals surface area contributed by atoms with Gasteiger partial charge in [0.15, 0.2) is 0 Å². The average molecular weight is 262 g/mol. The van der Waals surface area contributed by atoms with Gasteiger partial charge in [-0.2, -0.15) is 0 Å². The third-order valence-corrected chi connectivity index (χ3v) is 1.86. The zero-order valence-electron chi connectivity index (χ0n) is 5.22. The largest absolute Gasteiger partial charge is 0.0606 e. The van der Waals surface area contributed by atoms with E-state index in [9.17, 15) is 0 Å². The maximum atomic E-state index is 3.38. The van der Waals surface area contributed by atoms with E-state index in [1.165, 1.54) is 5.56 Å². The summed E-state index contributed by atoms with van der Waals surface area (Å²) in [4.78, 5) is 1.84. The van der Waals surface area contributed by atoms with Crippen LogP contribution in [0.25, 0.3) is 6.08 Å². The molecule has 0 N–H and O–H groups in total. The fourth-order valence-electron chi connectivity index (χ4n) is 0.683. The van der Waals surface area contributed by atoms with Crippen molar-refractivity contribution in [3.63, 3.8) is 0 Å². The molecule has 0 atom stereocenters. The quantitative estimate of drug-likeness (QED) is 0.721. The predicted molar refractivity (Wildman–Crippen MR) is 52.1 cm³/mol. The molecule has 0 aliphatic rings. The van der Waals surface area contributed by atoms with Gasteiger partial charge in [-0.1, -0.05) is 44.0 Å². The van der Waals surface area contributed by atoms with Crippen LogP contribution in [0.5, 0.6) is 0 Å². The molecule has 52 valence electrons. The van der Waals surface area contributed by atoms with Crippen molar-refractivity contribution in [3.8, 4) is 0 Å². The third-order valence-electron chi connectivity index (χ3n) is 1.10. The molecule has 0 fully saturated rings. The summed E-state index contributed by atoms with van der Waals surface area (Å²) < 4.78 is 1.11. The first-order valence-electron chi connectivity index (χ1n) is 2.85. The zero-order valence-corrected chi connectivity index (χ0v) is 8.39. The van der Waals surface area contributed by atoms with Crippen LogP contribution in [0.15, 0.2) is 33.7 Å². The summed E-state index contributed by atoms with van der Waals surface area (Å²) in [6.07, 6.45) is 1.99. The molecule has 0 saturated heterocycles. The molecule has 0 heterocycles. The summed E-state index contributed by atoms with van der Waals surface area (Å²) in [6, 6.07) is 8.11. The molecule has 0 radical (unpaired) electrons. The molecular weight excluding hydrogens is 256 g/mol. The average Bonchev–Trinajstić information content (AvgIpc) is 1.88. The minimum Gasteiger partial charge on any atom is -0.0606 e. The van der Waals surface area contributed by atoms with Gasteiger partial charge < -0.3 is 0 Å². The molecule has 1 aromatic carbocycles. The van der Waals surface area contributed by atoms with E-state index in [4.69, 9.17) is 0 Å². The van der Waals surface area contributed by atoms with Gasteiger partial charge in [-0.05, 0) is 28.8 Å². The first-order valence-corrected chi connectivity index (χ1v) is 4.56.